The standard InChI is InChI=1S/C10H18O4S2.C4H8S2/c11-8-6-15-16-7-10(8,14)5-3-1-2-4-9(12)13;1-2-4-6-5-3-1/h8,11,14H,1-7H2,(H,12,13);1-4H2/t8-,10-;/m0./s1. The number of hydrogen-bond donors (Lipinski definition) is 3. The summed E-state index contributed by atoms with van der Waals surface area (Å²) in [5.41, 5.74) is -0.973. The topological polar surface area (TPSA) is 77.8 Å². The molecule has 2 aliphatic rings. The Morgan fingerprint density at radius 3 is 2.23 bits per heavy atom. The van der Waals surface area contributed by atoms with Gasteiger partial charge in [0, 0.05) is 29.4 Å². The fourth-order valence-electron chi connectivity index (χ4n) is 2.07. The third-order valence-corrected chi connectivity index (χ3v) is 8.60. The highest BCUT2D eigenvalue weighted by Crippen LogP contribution is 2.38. The first-order chi connectivity index (χ1) is 10.5. The van der Waals surface area contributed by atoms with Gasteiger partial charge in [0.15, 0.2) is 0 Å². The molecule has 0 unspecified atom stereocenters. The predicted molar refractivity (Wildman–Crippen MR) is 101 cm³/mol. The van der Waals surface area contributed by atoms with Gasteiger partial charge in [0.05, 0.1) is 6.10 Å². The molecule has 2 saturated heterocycles. The van der Waals surface area contributed by atoms with Crippen LogP contribution in [-0.4, -0.2) is 56.0 Å². The number of hydrogen-bond acceptors (Lipinski definition) is 7. The number of unbranched alkanes of at least 4 members (excludes halogenated alkanes) is 2. The van der Waals surface area contributed by atoms with Crippen LogP contribution >= 0.6 is 43.2 Å². The second kappa shape index (κ2) is 12.2. The molecule has 0 radical (unpaired) electrons. The first kappa shape index (κ1) is 20.8. The number of aliphatic hydroxyl groups is 2. The number of carboxylic acids is 1. The molecule has 130 valence electrons. The van der Waals surface area contributed by atoms with E-state index < -0.39 is 17.7 Å². The Hall–Kier alpha value is 0.790. The maximum absolute atomic E-state index is 10.3. The molecule has 4 nitrogen and oxygen atoms in total. The molecule has 2 aliphatic heterocycles. The van der Waals surface area contributed by atoms with E-state index in [0.29, 0.717) is 24.3 Å². The van der Waals surface area contributed by atoms with E-state index in [4.69, 9.17) is 5.11 Å². The van der Waals surface area contributed by atoms with Gasteiger partial charge in [0.1, 0.15) is 5.60 Å². The van der Waals surface area contributed by atoms with Crippen LogP contribution in [0.15, 0.2) is 0 Å². The van der Waals surface area contributed by atoms with Crippen LogP contribution in [0.1, 0.15) is 44.9 Å². The highest BCUT2D eigenvalue weighted by molar-refractivity contribution is 8.77. The van der Waals surface area contributed by atoms with Gasteiger partial charge in [0.25, 0.3) is 0 Å². The molecular formula is C14H26O4S4. The van der Waals surface area contributed by atoms with E-state index in [0.717, 1.165) is 12.8 Å². The average molecular weight is 387 g/mol. The minimum atomic E-state index is -0.973. The highest BCUT2D eigenvalue weighted by Gasteiger charge is 2.38. The monoisotopic (exact) mass is 386 g/mol. The average Bonchev–Trinajstić information content (AvgIpc) is 2.52. The van der Waals surface area contributed by atoms with E-state index in [2.05, 4.69) is 0 Å². The van der Waals surface area contributed by atoms with Crippen LogP contribution in [0, 0.1) is 0 Å². The van der Waals surface area contributed by atoms with Gasteiger partial charge in [-0.2, -0.15) is 0 Å². The number of aliphatic hydroxyl groups excluding tert-OH is 1. The lowest BCUT2D eigenvalue weighted by atomic mass is 9.92. The van der Waals surface area contributed by atoms with Crippen molar-refractivity contribution in [1.82, 2.24) is 0 Å². The van der Waals surface area contributed by atoms with Gasteiger partial charge in [0.2, 0.25) is 0 Å². The zero-order valence-corrected chi connectivity index (χ0v) is 16.0. The first-order valence-corrected chi connectivity index (χ1v) is 12.6. The lowest BCUT2D eigenvalue weighted by molar-refractivity contribution is -0.137. The summed E-state index contributed by atoms with van der Waals surface area (Å²) in [5.74, 6) is 3.10. The zero-order chi connectivity index (χ0) is 16.3. The molecule has 0 aliphatic carbocycles. The molecule has 0 aromatic carbocycles. The van der Waals surface area contributed by atoms with Crippen LogP contribution in [-0.2, 0) is 4.79 Å². The van der Waals surface area contributed by atoms with Gasteiger partial charge in [-0.15, -0.1) is 0 Å². The highest BCUT2D eigenvalue weighted by atomic mass is 33.1. The molecule has 8 heteroatoms. The molecule has 2 rings (SSSR count). The van der Waals surface area contributed by atoms with Gasteiger partial charge in [-0.3, -0.25) is 4.79 Å². The second-order valence-corrected chi connectivity index (χ2v) is 10.7. The van der Waals surface area contributed by atoms with Gasteiger partial charge >= 0.3 is 5.97 Å². The lowest BCUT2D eigenvalue weighted by Crippen LogP contribution is -2.47. The fourth-order valence-corrected chi connectivity index (χ4v) is 7.06. The maximum atomic E-state index is 10.3. The smallest absolute Gasteiger partial charge is 0.303 e. The summed E-state index contributed by atoms with van der Waals surface area (Å²) in [6, 6.07) is 0. The number of aliphatic carboxylic acids is 1. The Bertz CT molecular complexity index is 304. The molecule has 0 aromatic rings. The lowest BCUT2D eigenvalue weighted by Gasteiger charge is -2.35. The summed E-state index contributed by atoms with van der Waals surface area (Å²) < 4.78 is 0. The predicted octanol–water partition coefficient (Wildman–Crippen LogP) is 3.67. The summed E-state index contributed by atoms with van der Waals surface area (Å²) in [6.07, 6.45) is 5.18. The zero-order valence-electron chi connectivity index (χ0n) is 12.7. The Morgan fingerprint density at radius 1 is 1.05 bits per heavy atom. The van der Waals surface area contributed by atoms with Crippen LogP contribution in [0.3, 0.4) is 0 Å². The summed E-state index contributed by atoms with van der Waals surface area (Å²) in [5, 5.41) is 28.3. The molecule has 0 spiro atoms. The van der Waals surface area contributed by atoms with E-state index >= 15 is 0 Å². The van der Waals surface area contributed by atoms with E-state index in [1.54, 1.807) is 21.6 Å². The Balaban J connectivity index is 0.000000335. The van der Waals surface area contributed by atoms with Crippen LogP contribution in [0.5, 0.6) is 0 Å². The SMILES string of the molecule is C1CCSSC1.O=C(O)CCCCC[C@]1(O)CSSC[C@@H]1O. The largest absolute Gasteiger partial charge is 0.481 e. The summed E-state index contributed by atoms with van der Waals surface area (Å²) in [6.45, 7) is 0. The second-order valence-electron chi connectivity index (χ2n) is 5.47. The minimum absolute atomic E-state index is 0.186. The molecule has 3 N–H and O–H groups in total. The molecule has 2 fully saturated rings. The molecule has 22 heavy (non-hydrogen) atoms. The van der Waals surface area contributed by atoms with Gasteiger partial charge < -0.3 is 15.3 Å². The molecule has 0 bridgehead atoms. The van der Waals surface area contributed by atoms with Crippen molar-refractivity contribution in [2.75, 3.05) is 23.0 Å². The van der Waals surface area contributed by atoms with Gasteiger partial charge in [-0.1, -0.05) is 56.0 Å². The van der Waals surface area contributed by atoms with Crippen molar-refractivity contribution in [3.8, 4) is 0 Å². The number of carboxylic acid groups (broad SMARTS) is 1. The Kier molecular flexibility index (Phi) is 11.5. The third-order valence-electron chi connectivity index (χ3n) is 3.53. The summed E-state index contributed by atoms with van der Waals surface area (Å²) in [7, 11) is 7.19. The number of rotatable bonds is 6. The molecule has 2 heterocycles. The van der Waals surface area contributed by atoms with Crippen molar-refractivity contribution >= 4 is 49.1 Å². The minimum Gasteiger partial charge on any atom is -0.481 e. The number of carbonyl (C=O) groups is 1. The molecule has 0 amide bonds. The Labute approximate surface area is 148 Å². The molecular weight excluding hydrogens is 360 g/mol. The van der Waals surface area contributed by atoms with Crippen molar-refractivity contribution in [2.45, 2.75) is 56.7 Å². The van der Waals surface area contributed by atoms with Crippen molar-refractivity contribution in [1.29, 1.82) is 0 Å². The molecule has 0 saturated carbocycles. The normalized spacial score (nSPS) is 28.5. The van der Waals surface area contributed by atoms with Crippen LogP contribution in [0.25, 0.3) is 0 Å². The van der Waals surface area contributed by atoms with E-state index in [9.17, 15) is 15.0 Å². The summed E-state index contributed by atoms with van der Waals surface area (Å²) in [4.78, 5) is 10.3. The van der Waals surface area contributed by atoms with Crippen LogP contribution in [0.4, 0.5) is 0 Å². The third kappa shape index (κ3) is 9.17. The summed E-state index contributed by atoms with van der Waals surface area (Å²) >= 11 is 0. The van der Waals surface area contributed by atoms with E-state index in [-0.39, 0.29) is 6.42 Å². The maximum Gasteiger partial charge on any atom is 0.303 e. The van der Waals surface area contributed by atoms with E-state index in [1.807, 2.05) is 21.6 Å². The van der Waals surface area contributed by atoms with Crippen molar-refractivity contribution < 1.29 is 20.1 Å². The molecule has 0 aromatic heterocycles. The van der Waals surface area contributed by atoms with Crippen molar-refractivity contribution in [3.05, 3.63) is 0 Å². The quantitative estimate of drug-likeness (QED) is 0.471. The van der Waals surface area contributed by atoms with E-state index in [1.165, 1.54) is 24.3 Å². The van der Waals surface area contributed by atoms with Gasteiger partial charge in [-0.25, -0.2) is 0 Å². The van der Waals surface area contributed by atoms with Crippen LogP contribution < -0.4 is 0 Å². The fraction of sp³-hybridized carbons (Fsp3) is 0.929. The van der Waals surface area contributed by atoms with Crippen molar-refractivity contribution in [2.24, 2.45) is 0 Å². The van der Waals surface area contributed by atoms with Crippen LogP contribution in [0.2, 0.25) is 0 Å². The first-order valence-electron chi connectivity index (χ1n) is 7.66. The van der Waals surface area contributed by atoms with Crippen molar-refractivity contribution in [3.63, 3.8) is 0 Å². The molecule has 2 atom stereocenters. The van der Waals surface area contributed by atoms with Gasteiger partial charge in [-0.05, 0) is 25.7 Å². The Morgan fingerprint density at radius 2 is 1.73 bits per heavy atom.